The molecule has 0 fully saturated rings. The third-order valence-electron chi connectivity index (χ3n) is 4.70. The number of nitrogens with one attached hydrogen (secondary N) is 2. The molecule has 0 aliphatic carbocycles. The Kier molecular flexibility index (Phi) is 9.65. The van der Waals surface area contributed by atoms with Crippen molar-refractivity contribution in [3.63, 3.8) is 0 Å². The van der Waals surface area contributed by atoms with Crippen LogP contribution in [0.3, 0.4) is 0 Å². The number of benzene rings is 1. The number of fused-ring (bicyclic) bond motifs is 1. The van der Waals surface area contributed by atoms with Gasteiger partial charge in [-0.25, -0.2) is 9.67 Å². The van der Waals surface area contributed by atoms with Crippen LogP contribution in [0.1, 0.15) is 30.6 Å². The molecule has 2 N–H and O–H groups in total. The Bertz CT molecular complexity index is 795. The Hall–Kier alpha value is -1.88. The van der Waals surface area contributed by atoms with Crippen LogP contribution in [0.2, 0.25) is 0 Å². The number of guanidine groups is 1. The molecule has 1 aromatic heterocycles. The largest absolute Gasteiger partial charge is 0.494 e. The highest BCUT2D eigenvalue weighted by molar-refractivity contribution is 14.0. The topological polar surface area (TPSA) is 85.6 Å². The molecule has 1 aromatic carbocycles. The van der Waals surface area contributed by atoms with Crippen molar-refractivity contribution in [3.05, 3.63) is 41.5 Å². The van der Waals surface area contributed by atoms with Crippen LogP contribution in [-0.4, -0.2) is 54.1 Å². The van der Waals surface area contributed by atoms with E-state index in [1.165, 1.54) is 5.56 Å². The van der Waals surface area contributed by atoms with Gasteiger partial charge in [0.25, 0.3) is 0 Å². The first kappa shape index (κ1) is 23.4. The van der Waals surface area contributed by atoms with Gasteiger partial charge in [0.05, 0.1) is 13.2 Å². The Morgan fingerprint density at radius 3 is 2.93 bits per heavy atom. The number of hydrogen-bond acceptors (Lipinski definition) is 5. The maximum Gasteiger partial charge on any atom is 0.191 e. The van der Waals surface area contributed by atoms with E-state index >= 15 is 0 Å². The van der Waals surface area contributed by atoms with Gasteiger partial charge in [0.1, 0.15) is 18.2 Å². The summed E-state index contributed by atoms with van der Waals surface area (Å²) in [6, 6.07) is 8.43. The Labute approximate surface area is 189 Å². The van der Waals surface area contributed by atoms with Gasteiger partial charge in [0.2, 0.25) is 0 Å². The van der Waals surface area contributed by atoms with Crippen molar-refractivity contribution in [2.75, 3.05) is 27.3 Å². The quantitative estimate of drug-likeness (QED) is 0.319. The van der Waals surface area contributed by atoms with E-state index in [0.29, 0.717) is 13.2 Å². The molecular weight excluding hydrogens is 483 g/mol. The molecule has 1 atom stereocenters. The van der Waals surface area contributed by atoms with Gasteiger partial charge in [-0.15, -0.1) is 24.0 Å². The molecule has 1 unspecified atom stereocenters. The van der Waals surface area contributed by atoms with Crippen molar-refractivity contribution in [1.82, 2.24) is 25.4 Å². The molecule has 160 valence electrons. The van der Waals surface area contributed by atoms with Gasteiger partial charge in [0, 0.05) is 33.2 Å². The predicted octanol–water partition coefficient (Wildman–Crippen LogP) is 2.16. The van der Waals surface area contributed by atoms with Crippen LogP contribution in [0.5, 0.6) is 5.75 Å². The first-order valence-electron chi connectivity index (χ1n) is 9.83. The zero-order valence-electron chi connectivity index (χ0n) is 17.4. The van der Waals surface area contributed by atoms with Crippen LogP contribution in [-0.2, 0) is 30.7 Å². The van der Waals surface area contributed by atoms with Gasteiger partial charge < -0.3 is 20.1 Å². The number of aryl methyl sites for hydroxylation is 1. The van der Waals surface area contributed by atoms with Crippen LogP contribution in [0.4, 0.5) is 0 Å². The second-order valence-electron chi connectivity index (χ2n) is 6.73. The van der Waals surface area contributed by atoms with Gasteiger partial charge in [-0.1, -0.05) is 18.2 Å². The molecule has 8 nitrogen and oxygen atoms in total. The summed E-state index contributed by atoms with van der Waals surface area (Å²) >= 11 is 0. The summed E-state index contributed by atoms with van der Waals surface area (Å²) in [7, 11) is 3.46. The summed E-state index contributed by atoms with van der Waals surface area (Å²) in [5.41, 5.74) is 1.20. The maximum absolute atomic E-state index is 5.70. The Morgan fingerprint density at radius 2 is 2.17 bits per heavy atom. The normalized spacial score (nSPS) is 16.0. The third-order valence-corrected chi connectivity index (χ3v) is 4.70. The van der Waals surface area contributed by atoms with Crippen LogP contribution in [0, 0.1) is 0 Å². The number of nitrogens with zero attached hydrogens (tertiary/aromatic N) is 4. The molecular formula is C20H31IN6O2. The zero-order chi connectivity index (χ0) is 19.8. The summed E-state index contributed by atoms with van der Waals surface area (Å²) in [6.45, 7) is 4.68. The van der Waals surface area contributed by atoms with E-state index in [4.69, 9.17) is 9.47 Å². The SMILES string of the molecule is CCOc1ccccc1CCNC(=NC)NC1CCc2nc(COC)nn2C1.I. The molecule has 2 heterocycles. The van der Waals surface area contributed by atoms with E-state index in [1.807, 2.05) is 29.8 Å². The van der Waals surface area contributed by atoms with Gasteiger partial charge in [0.15, 0.2) is 11.8 Å². The molecule has 1 aliphatic rings. The van der Waals surface area contributed by atoms with Crippen LogP contribution < -0.4 is 15.4 Å². The van der Waals surface area contributed by atoms with E-state index in [2.05, 4.69) is 31.8 Å². The number of hydrogen-bond donors (Lipinski definition) is 2. The lowest BCUT2D eigenvalue weighted by atomic mass is 10.1. The monoisotopic (exact) mass is 514 g/mol. The number of methoxy groups -OCH3 is 1. The van der Waals surface area contributed by atoms with E-state index in [9.17, 15) is 0 Å². The lowest BCUT2D eigenvalue weighted by Gasteiger charge is -2.25. The van der Waals surface area contributed by atoms with Crippen molar-refractivity contribution in [2.45, 2.75) is 45.4 Å². The van der Waals surface area contributed by atoms with Crippen LogP contribution in [0.15, 0.2) is 29.3 Å². The molecule has 3 rings (SSSR count). The molecule has 9 heteroatoms. The summed E-state index contributed by atoms with van der Waals surface area (Å²) in [5.74, 6) is 3.53. The van der Waals surface area contributed by atoms with E-state index < -0.39 is 0 Å². The molecule has 29 heavy (non-hydrogen) atoms. The van der Waals surface area contributed by atoms with Crippen molar-refractivity contribution >= 4 is 29.9 Å². The molecule has 0 saturated heterocycles. The fraction of sp³-hybridized carbons (Fsp3) is 0.550. The van der Waals surface area contributed by atoms with Crippen LogP contribution >= 0.6 is 24.0 Å². The minimum Gasteiger partial charge on any atom is -0.494 e. The smallest absolute Gasteiger partial charge is 0.191 e. The molecule has 2 aromatic rings. The molecule has 0 saturated carbocycles. The molecule has 0 amide bonds. The first-order chi connectivity index (χ1) is 13.7. The molecule has 0 spiro atoms. The molecule has 1 aliphatic heterocycles. The fourth-order valence-corrected chi connectivity index (χ4v) is 3.38. The predicted molar refractivity (Wildman–Crippen MR) is 124 cm³/mol. The van der Waals surface area contributed by atoms with Crippen LogP contribution in [0.25, 0.3) is 0 Å². The second-order valence-corrected chi connectivity index (χ2v) is 6.73. The van der Waals surface area contributed by atoms with Crippen molar-refractivity contribution < 1.29 is 9.47 Å². The highest BCUT2D eigenvalue weighted by Crippen LogP contribution is 2.18. The standard InChI is InChI=1S/C20H30N6O2.HI/c1-4-28-17-8-6-5-7-15(17)11-12-22-20(21-2)23-16-9-10-19-24-18(14-27-3)25-26(19)13-16;/h5-8,16H,4,9-14H2,1-3H3,(H2,21,22,23);1H. The van der Waals surface area contributed by atoms with Gasteiger partial charge in [-0.05, 0) is 31.4 Å². The molecule has 0 radical (unpaired) electrons. The number of ether oxygens (including phenoxy) is 2. The Morgan fingerprint density at radius 1 is 1.34 bits per heavy atom. The number of para-hydroxylation sites is 1. The number of halogens is 1. The highest BCUT2D eigenvalue weighted by atomic mass is 127. The third kappa shape index (κ3) is 6.56. The maximum atomic E-state index is 5.70. The van der Waals surface area contributed by atoms with Crippen molar-refractivity contribution in [2.24, 2.45) is 4.99 Å². The lowest BCUT2D eigenvalue weighted by molar-refractivity contribution is 0.177. The minimum absolute atomic E-state index is 0. The minimum atomic E-state index is 0. The zero-order valence-corrected chi connectivity index (χ0v) is 19.7. The molecule has 0 bridgehead atoms. The van der Waals surface area contributed by atoms with Gasteiger partial charge >= 0.3 is 0 Å². The van der Waals surface area contributed by atoms with Crippen molar-refractivity contribution in [1.29, 1.82) is 0 Å². The number of aliphatic imine (C=N–C) groups is 1. The first-order valence-corrected chi connectivity index (χ1v) is 9.83. The van der Waals surface area contributed by atoms with Gasteiger partial charge in [-0.3, -0.25) is 4.99 Å². The number of rotatable bonds is 8. The fourth-order valence-electron chi connectivity index (χ4n) is 3.38. The van der Waals surface area contributed by atoms with Gasteiger partial charge in [-0.2, -0.15) is 5.10 Å². The van der Waals surface area contributed by atoms with E-state index in [-0.39, 0.29) is 30.0 Å². The number of aromatic nitrogens is 3. The van der Waals surface area contributed by atoms with Crippen molar-refractivity contribution in [3.8, 4) is 5.75 Å². The average Bonchev–Trinajstić information content (AvgIpc) is 3.10. The summed E-state index contributed by atoms with van der Waals surface area (Å²) in [5, 5.41) is 11.4. The van der Waals surface area contributed by atoms with E-state index in [0.717, 1.165) is 55.7 Å². The summed E-state index contributed by atoms with van der Waals surface area (Å²) in [4.78, 5) is 8.88. The summed E-state index contributed by atoms with van der Waals surface area (Å²) < 4.78 is 12.8. The second kappa shape index (κ2) is 12.0. The summed E-state index contributed by atoms with van der Waals surface area (Å²) in [6.07, 6.45) is 2.77. The van der Waals surface area contributed by atoms with E-state index in [1.54, 1.807) is 14.2 Å². The highest BCUT2D eigenvalue weighted by Gasteiger charge is 2.22. The average molecular weight is 514 g/mol. The lowest BCUT2D eigenvalue weighted by Crippen LogP contribution is -2.47. The Balaban J connectivity index is 0.00000300.